The highest BCUT2D eigenvalue weighted by atomic mass is 16.6. The van der Waals surface area contributed by atoms with Gasteiger partial charge >= 0.3 is 11.9 Å². The van der Waals surface area contributed by atoms with Crippen molar-refractivity contribution in [1.82, 2.24) is 0 Å². The maximum absolute atomic E-state index is 12.0. The van der Waals surface area contributed by atoms with E-state index in [1.54, 1.807) is 0 Å². The lowest BCUT2D eigenvalue weighted by molar-refractivity contribution is -0.161. The van der Waals surface area contributed by atoms with Gasteiger partial charge in [-0.2, -0.15) is 0 Å². The van der Waals surface area contributed by atoms with E-state index in [0.717, 1.165) is 44.4 Å². The molecule has 38 heavy (non-hydrogen) atoms. The van der Waals surface area contributed by atoms with Crippen molar-refractivity contribution in [3.8, 4) is 0 Å². The van der Waals surface area contributed by atoms with Gasteiger partial charge in [-0.15, -0.1) is 0 Å². The number of rotatable bonds is 29. The zero-order valence-corrected chi connectivity index (χ0v) is 25.6. The summed E-state index contributed by atoms with van der Waals surface area (Å²) in [7, 11) is 0. The van der Waals surface area contributed by atoms with Crippen molar-refractivity contribution >= 4 is 11.9 Å². The van der Waals surface area contributed by atoms with Gasteiger partial charge in [0.05, 0.1) is 6.61 Å². The molecule has 0 radical (unpaired) electrons. The molecule has 226 valence electrons. The molecule has 0 saturated carbocycles. The monoisotopic (exact) mass is 540 g/mol. The summed E-state index contributed by atoms with van der Waals surface area (Å²) >= 11 is 0. The van der Waals surface area contributed by atoms with Gasteiger partial charge in [0.2, 0.25) is 0 Å². The number of esters is 2. The third kappa shape index (κ3) is 27.9. The van der Waals surface area contributed by atoms with E-state index in [-0.39, 0.29) is 25.2 Å². The molecule has 0 aliphatic heterocycles. The van der Waals surface area contributed by atoms with E-state index < -0.39 is 6.10 Å². The van der Waals surface area contributed by atoms with Crippen LogP contribution in [-0.4, -0.2) is 36.4 Å². The van der Waals surface area contributed by atoms with Crippen molar-refractivity contribution in [2.75, 3.05) is 13.2 Å². The topological polar surface area (TPSA) is 72.8 Å². The predicted molar refractivity (Wildman–Crippen MR) is 159 cm³/mol. The Kier molecular flexibility index (Phi) is 28.1. The first-order chi connectivity index (χ1) is 18.5. The van der Waals surface area contributed by atoms with Crippen LogP contribution in [0.2, 0.25) is 0 Å². The highest BCUT2D eigenvalue weighted by molar-refractivity contribution is 5.70. The summed E-state index contributed by atoms with van der Waals surface area (Å²) in [4.78, 5) is 24.0. The van der Waals surface area contributed by atoms with Gasteiger partial charge in [-0.1, -0.05) is 149 Å². The van der Waals surface area contributed by atoms with Crippen LogP contribution in [-0.2, 0) is 19.1 Å². The molecule has 0 bridgehead atoms. The molecule has 0 unspecified atom stereocenters. The average Bonchev–Trinajstić information content (AvgIpc) is 2.90. The SMILES string of the molecule is CCCCCCCCCCCCC(=O)O[C@@H](CO)COC(=O)CCCCCCCCCCCCCC(C)C. The molecule has 0 fully saturated rings. The van der Waals surface area contributed by atoms with Crippen LogP contribution >= 0.6 is 0 Å². The molecular weight excluding hydrogens is 476 g/mol. The van der Waals surface area contributed by atoms with Crippen LogP contribution in [0.1, 0.15) is 175 Å². The van der Waals surface area contributed by atoms with E-state index in [9.17, 15) is 14.7 Å². The molecule has 0 aliphatic rings. The van der Waals surface area contributed by atoms with E-state index in [0.29, 0.717) is 12.8 Å². The van der Waals surface area contributed by atoms with Crippen LogP contribution in [0, 0.1) is 5.92 Å². The number of aliphatic hydroxyl groups excluding tert-OH is 1. The quantitative estimate of drug-likeness (QED) is 0.0755. The number of ether oxygens (including phenoxy) is 2. The van der Waals surface area contributed by atoms with E-state index in [4.69, 9.17) is 9.47 Å². The van der Waals surface area contributed by atoms with Crippen LogP contribution in [0.15, 0.2) is 0 Å². The molecule has 0 aromatic rings. The Labute approximate surface area is 236 Å². The molecule has 0 heterocycles. The minimum Gasteiger partial charge on any atom is -0.462 e. The zero-order chi connectivity index (χ0) is 28.1. The fourth-order valence-corrected chi connectivity index (χ4v) is 4.80. The number of carbonyl (C=O) groups excluding carboxylic acids is 2. The van der Waals surface area contributed by atoms with E-state index in [1.165, 1.54) is 103 Å². The van der Waals surface area contributed by atoms with Crippen LogP contribution in [0.4, 0.5) is 0 Å². The van der Waals surface area contributed by atoms with E-state index in [2.05, 4.69) is 20.8 Å². The van der Waals surface area contributed by atoms with Gasteiger partial charge in [-0.05, 0) is 18.8 Å². The lowest BCUT2D eigenvalue weighted by atomic mass is 10.0. The summed E-state index contributed by atoms with van der Waals surface area (Å²) in [5.74, 6) is 0.250. The summed E-state index contributed by atoms with van der Waals surface area (Å²) < 4.78 is 10.5. The molecule has 5 heteroatoms. The largest absolute Gasteiger partial charge is 0.462 e. The Hall–Kier alpha value is -1.10. The molecule has 1 N–H and O–H groups in total. The van der Waals surface area contributed by atoms with Crippen molar-refractivity contribution in [1.29, 1.82) is 0 Å². The molecule has 0 rings (SSSR count). The maximum Gasteiger partial charge on any atom is 0.306 e. The minimum absolute atomic E-state index is 0.0590. The van der Waals surface area contributed by atoms with Crippen LogP contribution in [0.25, 0.3) is 0 Å². The lowest BCUT2D eigenvalue weighted by Crippen LogP contribution is -2.28. The number of hydrogen-bond acceptors (Lipinski definition) is 5. The molecular formula is C33H64O5. The number of carbonyl (C=O) groups is 2. The van der Waals surface area contributed by atoms with Crippen molar-refractivity contribution in [3.63, 3.8) is 0 Å². The summed E-state index contributed by atoms with van der Waals surface area (Å²) in [5, 5.41) is 9.47. The highest BCUT2D eigenvalue weighted by Crippen LogP contribution is 2.15. The predicted octanol–water partition coefficient (Wildman–Crippen LogP) is 9.47. The smallest absolute Gasteiger partial charge is 0.306 e. The molecule has 1 atom stereocenters. The van der Waals surface area contributed by atoms with Crippen LogP contribution in [0.3, 0.4) is 0 Å². The lowest BCUT2D eigenvalue weighted by Gasteiger charge is -2.15. The molecule has 5 nitrogen and oxygen atoms in total. The molecule has 0 amide bonds. The van der Waals surface area contributed by atoms with Crippen molar-refractivity contribution < 1.29 is 24.2 Å². The summed E-state index contributed by atoms with van der Waals surface area (Å²) in [6, 6.07) is 0. The normalized spacial score (nSPS) is 12.1. The maximum atomic E-state index is 12.0. The Balaban J connectivity index is 3.54. The summed E-state index contributed by atoms with van der Waals surface area (Å²) in [6.45, 7) is 6.46. The summed E-state index contributed by atoms with van der Waals surface area (Å²) in [5.41, 5.74) is 0. The average molecular weight is 541 g/mol. The fourth-order valence-electron chi connectivity index (χ4n) is 4.80. The van der Waals surface area contributed by atoms with E-state index >= 15 is 0 Å². The Morgan fingerprint density at radius 1 is 0.579 bits per heavy atom. The second-order valence-electron chi connectivity index (χ2n) is 11.7. The Bertz CT molecular complexity index is 520. The molecule has 0 spiro atoms. The third-order valence-electron chi connectivity index (χ3n) is 7.33. The van der Waals surface area contributed by atoms with Gasteiger partial charge in [0.1, 0.15) is 6.61 Å². The van der Waals surface area contributed by atoms with Crippen LogP contribution < -0.4 is 0 Å². The van der Waals surface area contributed by atoms with Gasteiger partial charge in [0, 0.05) is 12.8 Å². The standard InChI is InChI=1S/C33H64O5/c1-4-5-6-7-8-9-14-18-21-24-27-33(36)38-31(28-34)29-37-32(35)26-23-20-17-15-12-10-11-13-16-19-22-25-30(2)3/h30-31,34H,4-29H2,1-3H3/t31-/m0/s1. The molecule has 0 aromatic carbocycles. The highest BCUT2D eigenvalue weighted by Gasteiger charge is 2.16. The number of hydrogen-bond donors (Lipinski definition) is 1. The first kappa shape index (κ1) is 36.9. The fraction of sp³-hybridized carbons (Fsp3) is 0.939. The first-order valence-corrected chi connectivity index (χ1v) is 16.5. The van der Waals surface area contributed by atoms with Crippen molar-refractivity contribution in [2.24, 2.45) is 5.92 Å². The Morgan fingerprint density at radius 2 is 0.974 bits per heavy atom. The summed E-state index contributed by atoms with van der Waals surface area (Å²) in [6.07, 6.45) is 27.3. The van der Waals surface area contributed by atoms with Gasteiger partial charge in [-0.25, -0.2) is 0 Å². The van der Waals surface area contributed by atoms with Gasteiger partial charge in [0.15, 0.2) is 6.10 Å². The van der Waals surface area contributed by atoms with Gasteiger partial charge in [0.25, 0.3) is 0 Å². The Morgan fingerprint density at radius 3 is 1.39 bits per heavy atom. The number of aliphatic hydroxyl groups is 1. The first-order valence-electron chi connectivity index (χ1n) is 16.5. The second kappa shape index (κ2) is 28.9. The zero-order valence-electron chi connectivity index (χ0n) is 25.6. The minimum atomic E-state index is -0.759. The number of unbranched alkanes of at least 4 members (excludes halogenated alkanes) is 19. The van der Waals surface area contributed by atoms with Gasteiger partial charge in [-0.3, -0.25) is 9.59 Å². The van der Waals surface area contributed by atoms with Gasteiger partial charge < -0.3 is 14.6 Å². The van der Waals surface area contributed by atoms with E-state index in [1.807, 2.05) is 0 Å². The van der Waals surface area contributed by atoms with Crippen molar-refractivity contribution in [3.05, 3.63) is 0 Å². The van der Waals surface area contributed by atoms with Crippen LogP contribution in [0.5, 0.6) is 0 Å². The molecule has 0 saturated heterocycles. The second-order valence-corrected chi connectivity index (χ2v) is 11.7. The van der Waals surface area contributed by atoms with Crippen molar-refractivity contribution in [2.45, 2.75) is 181 Å². The molecule has 0 aromatic heterocycles. The third-order valence-corrected chi connectivity index (χ3v) is 7.33. The molecule has 0 aliphatic carbocycles.